The van der Waals surface area contributed by atoms with Crippen LogP contribution < -0.4 is 15.5 Å². The second-order valence-electron chi connectivity index (χ2n) is 9.07. The number of hydrogen-bond acceptors (Lipinski definition) is 7. The van der Waals surface area contributed by atoms with Gasteiger partial charge in [0.25, 0.3) is 5.91 Å². The molecule has 0 bridgehead atoms. The highest BCUT2D eigenvalue weighted by Gasteiger charge is 2.29. The maximum absolute atomic E-state index is 13.2. The number of nitrogens with zero attached hydrogens (tertiary/aromatic N) is 2. The van der Waals surface area contributed by atoms with Crippen molar-refractivity contribution in [2.75, 3.05) is 49.8 Å². The van der Waals surface area contributed by atoms with Crippen LogP contribution in [0.1, 0.15) is 28.4 Å². The number of anilines is 3. The molecular weight excluding hydrogens is 484 g/mol. The lowest BCUT2D eigenvalue weighted by Gasteiger charge is -2.21. The van der Waals surface area contributed by atoms with Crippen molar-refractivity contribution in [3.05, 3.63) is 83.4 Å². The molecule has 0 saturated heterocycles. The molecule has 4 rings (SSSR count). The summed E-state index contributed by atoms with van der Waals surface area (Å²) >= 11 is 0. The van der Waals surface area contributed by atoms with Crippen LogP contribution in [-0.2, 0) is 14.3 Å². The minimum Gasteiger partial charge on any atom is -0.506 e. The Balaban J connectivity index is 1.74. The molecule has 0 unspecified atom stereocenters. The van der Waals surface area contributed by atoms with E-state index >= 15 is 0 Å². The standard InChI is InChI=1S/C29H30N4O5/c1-5-38-29(37)19-11-13-21-22(15-19)31-28(36)26(21)27(18-9-7-6-8-10-18)30-20-12-14-23(24(34)16-20)33(4)25(35)17-32(2)3/h6-16,30,34H,5,17H2,1-4H3,(H,31,36). The Kier molecular flexibility index (Phi) is 7.78. The number of benzene rings is 3. The van der Waals surface area contributed by atoms with Crippen molar-refractivity contribution in [2.45, 2.75) is 6.92 Å². The summed E-state index contributed by atoms with van der Waals surface area (Å²) in [5.41, 5.74) is 4.03. The molecule has 0 saturated carbocycles. The molecule has 1 aliphatic rings. The van der Waals surface area contributed by atoms with E-state index in [9.17, 15) is 19.5 Å². The molecule has 1 aliphatic heterocycles. The van der Waals surface area contributed by atoms with E-state index in [-0.39, 0.29) is 30.7 Å². The maximum atomic E-state index is 13.2. The quantitative estimate of drug-likeness (QED) is 0.308. The van der Waals surface area contributed by atoms with E-state index in [0.717, 1.165) is 5.56 Å². The van der Waals surface area contributed by atoms with Crippen molar-refractivity contribution >= 4 is 46.1 Å². The average Bonchev–Trinajstić information content (AvgIpc) is 3.21. The van der Waals surface area contributed by atoms with Crippen LogP contribution in [-0.4, -0.2) is 62.1 Å². The molecule has 0 radical (unpaired) electrons. The summed E-state index contributed by atoms with van der Waals surface area (Å²) < 4.78 is 5.08. The molecule has 9 nitrogen and oxygen atoms in total. The van der Waals surface area contributed by atoms with Crippen molar-refractivity contribution < 1.29 is 24.2 Å². The molecule has 3 aromatic rings. The van der Waals surface area contributed by atoms with Crippen LogP contribution in [0.2, 0.25) is 0 Å². The minimum atomic E-state index is -0.465. The van der Waals surface area contributed by atoms with Gasteiger partial charge in [-0.15, -0.1) is 0 Å². The minimum absolute atomic E-state index is 0.0858. The Morgan fingerprint density at radius 1 is 0.974 bits per heavy atom. The van der Waals surface area contributed by atoms with E-state index in [2.05, 4.69) is 10.6 Å². The van der Waals surface area contributed by atoms with Crippen LogP contribution in [0.4, 0.5) is 17.1 Å². The van der Waals surface area contributed by atoms with Gasteiger partial charge in [0, 0.05) is 24.4 Å². The van der Waals surface area contributed by atoms with Crippen LogP contribution in [0.3, 0.4) is 0 Å². The molecule has 3 aromatic carbocycles. The Morgan fingerprint density at radius 2 is 1.71 bits per heavy atom. The molecule has 196 valence electrons. The van der Waals surface area contributed by atoms with Gasteiger partial charge in [0.15, 0.2) is 0 Å². The normalized spacial score (nSPS) is 13.6. The molecule has 3 N–H and O–H groups in total. The molecule has 0 aliphatic carbocycles. The van der Waals surface area contributed by atoms with E-state index in [1.807, 2.05) is 30.3 Å². The summed E-state index contributed by atoms with van der Waals surface area (Å²) in [5.74, 6) is -1.05. The highest BCUT2D eigenvalue weighted by Crippen LogP contribution is 2.39. The molecule has 0 fully saturated rings. The first-order valence-electron chi connectivity index (χ1n) is 12.1. The predicted octanol–water partition coefficient (Wildman–Crippen LogP) is 4.03. The van der Waals surface area contributed by atoms with Gasteiger partial charge in [-0.3, -0.25) is 9.59 Å². The molecule has 9 heteroatoms. The van der Waals surface area contributed by atoms with Gasteiger partial charge in [0.1, 0.15) is 5.75 Å². The summed E-state index contributed by atoms with van der Waals surface area (Å²) in [4.78, 5) is 41.0. The third-order valence-corrected chi connectivity index (χ3v) is 6.02. The largest absolute Gasteiger partial charge is 0.506 e. The van der Waals surface area contributed by atoms with E-state index < -0.39 is 5.97 Å². The van der Waals surface area contributed by atoms with E-state index in [0.29, 0.717) is 39.5 Å². The molecule has 0 atom stereocenters. The third-order valence-electron chi connectivity index (χ3n) is 6.02. The number of phenols is 1. The number of phenolic OH excluding ortho intramolecular Hbond substituents is 1. The van der Waals surface area contributed by atoms with Gasteiger partial charge in [0.2, 0.25) is 5.91 Å². The van der Waals surface area contributed by atoms with Crippen molar-refractivity contribution in [1.29, 1.82) is 0 Å². The zero-order valence-corrected chi connectivity index (χ0v) is 21.7. The van der Waals surface area contributed by atoms with Crippen molar-refractivity contribution in [2.24, 2.45) is 0 Å². The first-order chi connectivity index (χ1) is 18.2. The number of esters is 1. The number of amides is 2. The van der Waals surface area contributed by atoms with Crippen LogP contribution in [0, 0.1) is 0 Å². The third kappa shape index (κ3) is 5.52. The van der Waals surface area contributed by atoms with Crippen molar-refractivity contribution in [1.82, 2.24) is 4.90 Å². The van der Waals surface area contributed by atoms with Crippen LogP contribution in [0.5, 0.6) is 5.75 Å². The Hall–Kier alpha value is -4.63. The Labute approximate surface area is 221 Å². The lowest BCUT2D eigenvalue weighted by molar-refractivity contribution is -0.119. The highest BCUT2D eigenvalue weighted by atomic mass is 16.5. The summed E-state index contributed by atoms with van der Waals surface area (Å²) in [6.07, 6.45) is 0. The highest BCUT2D eigenvalue weighted by molar-refractivity contribution is 6.37. The smallest absolute Gasteiger partial charge is 0.338 e. The molecule has 2 amide bonds. The monoisotopic (exact) mass is 514 g/mol. The molecule has 38 heavy (non-hydrogen) atoms. The summed E-state index contributed by atoms with van der Waals surface area (Å²) in [5, 5.41) is 16.9. The van der Waals surface area contributed by atoms with Gasteiger partial charge in [-0.05, 0) is 50.8 Å². The number of rotatable bonds is 8. The van der Waals surface area contributed by atoms with E-state index in [4.69, 9.17) is 4.74 Å². The number of carbonyl (C=O) groups excluding carboxylic acids is 3. The number of hydrogen-bond donors (Lipinski definition) is 3. The zero-order chi connectivity index (χ0) is 27.4. The number of ether oxygens (including phenoxy) is 1. The van der Waals surface area contributed by atoms with Gasteiger partial charge in [-0.2, -0.15) is 0 Å². The Bertz CT molecular complexity index is 1420. The van der Waals surface area contributed by atoms with Gasteiger partial charge < -0.3 is 30.3 Å². The zero-order valence-electron chi connectivity index (χ0n) is 21.7. The van der Waals surface area contributed by atoms with Gasteiger partial charge in [-0.25, -0.2) is 4.79 Å². The fraction of sp³-hybridized carbons (Fsp3) is 0.207. The van der Waals surface area contributed by atoms with Gasteiger partial charge in [0.05, 0.1) is 41.4 Å². The predicted molar refractivity (Wildman–Crippen MR) is 148 cm³/mol. The number of nitrogens with one attached hydrogen (secondary N) is 2. The second-order valence-corrected chi connectivity index (χ2v) is 9.07. The number of carbonyl (C=O) groups is 3. The van der Waals surface area contributed by atoms with Crippen LogP contribution in [0.15, 0.2) is 66.7 Å². The number of likely N-dealkylation sites (N-methyl/N-ethyl adjacent to an activating group) is 2. The van der Waals surface area contributed by atoms with E-state index in [1.54, 1.807) is 63.3 Å². The molecular formula is C29H30N4O5. The summed E-state index contributed by atoms with van der Waals surface area (Å²) in [6.45, 7) is 2.18. The first-order valence-corrected chi connectivity index (χ1v) is 12.1. The summed E-state index contributed by atoms with van der Waals surface area (Å²) in [6, 6.07) is 19.2. The van der Waals surface area contributed by atoms with Crippen molar-refractivity contribution in [3.63, 3.8) is 0 Å². The first kappa shape index (κ1) is 26.4. The van der Waals surface area contributed by atoms with Gasteiger partial charge in [-0.1, -0.05) is 36.4 Å². The average molecular weight is 515 g/mol. The van der Waals surface area contributed by atoms with E-state index in [1.165, 1.54) is 11.0 Å². The molecule has 0 aromatic heterocycles. The number of fused-ring (bicyclic) bond motifs is 1. The second kappa shape index (κ2) is 11.2. The van der Waals surface area contributed by atoms with Crippen LogP contribution in [0.25, 0.3) is 11.3 Å². The maximum Gasteiger partial charge on any atom is 0.338 e. The molecule has 0 spiro atoms. The lowest BCUT2D eigenvalue weighted by Crippen LogP contribution is -2.35. The fourth-order valence-electron chi connectivity index (χ4n) is 4.19. The fourth-order valence-corrected chi connectivity index (χ4v) is 4.19. The topological polar surface area (TPSA) is 111 Å². The van der Waals surface area contributed by atoms with Crippen LogP contribution >= 0.6 is 0 Å². The van der Waals surface area contributed by atoms with Gasteiger partial charge >= 0.3 is 5.97 Å². The molecule has 1 heterocycles. The lowest BCUT2D eigenvalue weighted by atomic mass is 9.99. The van der Waals surface area contributed by atoms with Crippen molar-refractivity contribution in [3.8, 4) is 5.75 Å². The Morgan fingerprint density at radius 3 is 2.37 bits per heavy atom. The number of aromatic hydroxyl groups is 1. The summed E-state index contributed by atoms with van der Waals surface area (Å²) in [7, 11) is 5.20. The SMILES string of the molecule is CCOC(=O)c1ccc2c(c1)NC(=O)C2=C(Nc1ccc(N(C)C(=O)CN(C)C)c(O)c1)c1ccccc1.